The molecule has 0 fully saturated rings. The lowest BCUT2D eigenvalue weighted by Gasteiger charge is -2.07. The molecule has 19 heavy (non-hydrogen) atoms. The van der Waals surface area contributed by atoms with E-state index in [9.17, 15) is 13.6 Å². The first-order valence-corrected chi connectivity index (χ1v) is 5.32. The van der Waals surface area contributed by atoms with Crippen molar-refractivity contribution in [3.05, 3.63) is 47.8 Å². The van der Waals surface area contributed by atoms with Crippen molar-refractivity contribution in [3.63, 3.8) is 0 Å². The van der Waals surface area contributed by atoms with Crippen molar-refractivity contribution in [2.75, 3.05) is 12.8 Å². The van der Waals surface area contributed by atoms with E-state index in [0.29, 0.717) is 0 Å². The molecule has 0 bridgehead atoms. The summed E-state index contributed by atoms with van der Waals surface area (Å²) >= 11 is 0. The zero-order valence-electron chi connectivity index (χ0n) is 9.98. The summed E-state index contributed by atoms with van der Waals surface area (Å²) in [5.41, 5.74) is 5.92. The van der Waals surface area contributed by atoms with E-state index in [1.165, 1.54) is 19.4 Å². The molecule has 0 saturated heterocycles. The summed E-state index contributed by atoms with van der Waals surface area (Å²) in [6.07, 6.45) is 1.24. The van der Waals surface area contributed by atoms with Crippen molar-refractivity contribution in [2.45, 2.75) is 0 Å². The number of aromatic nitrogens is 1. The lowest BCUT2D eigenvalue weighted by atomic mass is 10.1. The van der Waals surface area contributed by atoms with Crippen molar-refractivity contribution in [1.29, 1.82) is 0 Å². The SMILES string of the molecule is COC(=O)c1ncc(-c2cc(F)ccc2F)cc1N. The number of nitrogens with two attached hydrogens (primary N) is 1. The molecule has 98 valence electrons. The van der Waals surface area contributed by atoms with Crippen molar-refractivity contribution >= 4 is 11.7 Å². The molecule has 0 aliphatic carbocycles. The molecule has 0 aliphatic rings. The molecule has 4 nitrogen and oxygen atoms in total. The minimum absolute atomic E-state index is 0.0237. The highest BCUT2D eigenvalue weighted by molar-refractivity contribution is 5.93. The number of esters is 1. The predicted octanol–water partition coefficient (Wildman–Crippen LogP) is 2.40. The van der Waals surface area contributed by atoms with Gasteiger partial charge < -0.3 is 10.5 Å². The van der Waals surface area contributed by atoms with Crippen LogP contribution in [0.4, 0.5) is 14.5 Å². The van der Waals surface area contributed by atoms with Crippen molar-refractivity contribution in [3.8, 4) is 11.1 Å². The molecule has 0 radical (unpaired) electrons. The van der Waals surface area contributed by atoms with Gasteiger partial charge in [-0.1, -0.05) is 0 Å². The van der Waals surface area contributed by atoms with Gasteiger partial charge in [0.1, 0.15) is 11.6 Å². The molecule has 2 aromatic rings. The van der Waals surface area contributed by atoms with Crippen LogP contribution in [0.3, 0.4) is 0 Å². The van der Waals surface area contributed by atoms with Crippen LogP contribution in [0.1, 0.15) is 10.5 Å². The fourth-order valence-corrected chi connectivity index (χ4v) is 1.62. The largest absolute Gasteiger partial charge is 0.464 e. The summed E-state index contributed by atoms with van der Waals surface area (Å²) in [6, 6.07) is 4.40. The first-order chi connectivity index (χ1) is 9.02. The van der Waals surface area contributed by atoms with E-state index in [2.05, 4.69) is 9.72 Å². The van der Waals surface area contributed by atoms with Gasteiger partial charge in [0.25, 0.3) is 0 Å². The van der Waals surface area contributed by atoms with Crippen LogP contribution in [0.5, 0.6) is 0 Å². The molecule has 0 amide bonds. The maximum Gasteiger partial charge on any atom is 0.358 e. The molecule has 0 atom stereocenters. The Hall–Kier alpha value is -2.50. The number of halogens is 2. The van der Waals surface area contributed by atoms with Gasteiger partial charge in [-0.05, 0) is 24.3 Å². The Morgan fingerprint density at radius 3 is 2.68 bits per heavy atom. The Balaban J connectivity index is 2.50. The van der Waals surface area contributed by atoms with Gasteiger partial charge in [-0.15, -0.1) is 0 Å². The van der Waals surface area contributed by atoms with Gasteiger partial charge in [-0.2, -0.15) is 0 Å². The Labute approximate surface area is 107 Å². The Kier molecular flexibility index (Phi) is 3.41. The summed E-state index contributed by atoms with van der Waals surface area (Å²) in [4.78, 5) is 15.1. The fraction of sp³-hybridized carbons (Fsp3) is 0.0769. The zero-order chi connectivity index (χ0) is 14.0. The summed E-state index contributed by atoms with van der Waals surface area (Å²) < 4.78 is 31.2. The second-order valence-electron chi connectivity index (χ2n) is 3.78. The number of rotatable bonds is 2. The second-order valence-corrected chi connectivity index (χ2v) is 3.78. The molecular formula is C13H10F2N2O2. The van der Waals surface area contributed by atoms with Crippen LogP contribution >= 0.6 is 0 Å². The van der Waals surface area contributed by atoms with Gasteiger partial charge in [0, 0.05) is 17.3 Å². The van der Waals surface area contributed by atoms with Crippen LogP contribution in [-0.4, -0.2) is 18.1 Å². The average molecular weight is 264 g/mol. The average Bonchev–Trinajstić information content (AvgIpc) is 2.40. The Morgan fingerprint density at radius 2 is 2.05 bits per heavy atom. The van der Waals surface area contributed by atoms with Gasteiger partial charge in [0.15, 0.2) is 5.69 Å². The monoisotopic (exact) mass is 264 g/mol. The standard InChI is InChI=1S/C13H10F2N2O2/c1-19-13(18)12-11(16)4-7(6-17-12)9-5-8(14)2-3-10(9)15/h2-6H,16H2,1H3. The number of carbonyl (C=O) groups excluding carboxylic acids is 1. The number of anilines is 1. The Bertz CT molecular complexity index is 645. The van der Waals surface area contributed by atoms with Crippen LogP contribution < -0.4 is 5.73 Å². The van der Waals surface area contributed by atoms with Crippen molar-refractivity contribution in [2.24, 2.45) is 0 Å². The van der Waals surface area contributed by atoms with Gasteiger partial charge in [-0.3, -0.25) is 0 Å². The highest BCUT2D eigenvalue weighted by atomic mass is 19.1. The van der Waals surface area contributed by atoms with Crippen LogP contribution in [-0.2, 0) is 4.74 Å². The minimum Gasteiger partial charge on any atom is -0.464 e. The number of benzene rings is 1. The van der Waals surface area contributed by atoms with Crippen LogP contribution in [0.2, 0.25) is 0 Å². The van der Waals surface area contributed by atoms with E-state index in [-0.39, 0.29) is 22.5 Å². The smallest absolute Gasteiger partial charge is 0.358 e. The molecule has 1 aromatic heterocycles. The summed E-state index contributed by atoms with van der Waals surface area (Å²) in [5.74, 6) is -1.87. The molecule has 2 N–H and O–H groups in total. The normalized spacial score (nSPS) is 10.3. The maximum atomic E-state index is 13.6. The molecule has 2 rings (SSSR count). The van der Waals surface area contributed by atoms with Crippen molar-refractivity contribution < 1.29 is 18.3 Å². The van der Waals surface area contributed by atoms with Crippen LogP contribution in [0.15, 0.2) is 30.5 Å². The van der Waals surface area contributed by atoms with E-state index in [4.69, 9.17) is 5.73 Å². The van der Waals surface area contributed by atoms with Gasteiger partial charge >= 0.3 is 5.97 Å². The Morgan fingerprint density at radius 1 is 1.32 bits per heavy atom. The third-order valence-corrected chi connectivity index (χ3v) is 2.54. The summed E-state index contributed by atoms with van der Waals surface area (Å²) in [7, 11) is 1.20. The maximum absolute atomic E-state index is 13.6. The number of hydrogen-bond acceptors (Lipinski definition) is 4. The topological polar surface area (TPSA) is 65.2 Å². The number of hydrogen-bond donors (Lipinski definition) is 1. The second kappa shape index (κ2) is 5.01. The highest BCUT2D eigenvalue weighted by Crippen LogP contribution is 2.25. The zero-order valence-corrected chi connectivity index (χ0v) is 9.98. The number of methoxy groups -OCH3 is 1. The van der Waals surface area contributed by atoms with Gasteiger partial charge in [-0.25, -0.2) is 18.6 Å². The van der Waals surface area contributed by atoms with E-state index < -0.39 is 17.6 Å². The fourth-order valence-electron chi connectivity index (χ4n) is 1.62. The number of nitrogens with zero attached hydrogens (tertiary/aromatic N) is 1. The molecule has 0 aliphatic heterocycles. The van der Waals surface area contributed by atoms with E-state index in [1.54, 1.807) is 0 Å². The highest BCUT2D eigenvalue weighted by Gasteiger charge is 2.14. The van der Waals surface area contributed by atoms with Crippen LogP contribution in [0, 0.1) is 11.6 Å². The van der Waals surface area contributed by atoms with Crippen molar-refractivity contribution in [1.82, 2.24) is 4.98 Å². The molecule has 0 spiro atoms. The number of pyridine rings is 1. The first-order valence-electron chi connectivity index (χ1n) is 5.32. The predicted molar refractivity (Wildman–Crippen MR) is 65.3 cm³/mol. The summed E-state index contributed by atoms with van der Waals surface area (Å²) in [6.45, 7) is 0. The molecular weight excluding hydrogens is 254 g/mol. The lowest BCUT2D eigenvalue weighted by Crippen LogP contribution is -2.08. The number of ether oxygens (including phenoxy) is 1. The van der Waals surface area contributed by atoms with Crippen LogP contribution in [0.25, 0.3) is 11.1 Å². The lowest BCUT2D eigenvalue weighted by molar-refractivity contribution is 0.0595. The molecule has 6 heteroatoms. The number of nitrogen functional groups attached to an aromatic ring is 1. The molecule has 0 saturated carbocycles. The molecule has 0 unspecified atom stereocenters. The van der Waals surface area contributed by atoms with E-state index >= 15 is 0 Å². The van der Waals surface area contributed by atoms with Gasteiger partial charge in [0.05, 0.1) is 12.8 Å². The summed E-state index contributed by atoms with van der Waals surface area (Å²) in [5, 5.41) is 0. The third-order valence-electron chi connectivity index (χ3n) is 2.54. The first kappa shape index (κ1) is 12.9. The molecule has 1 heterocycles. The molecule has 1 aromatic carbocycles. The van der Waals surface area contributed by atoms with Gasteiger partial charge in [0.2, 0.25) is 0 Å². The quantitative estimate of drug-likeness (QED) is 0.846. The minimum atomic E-state index is -0.691. The van der Waals surface area contributed by atoms with E-state index in [1.807, 2.05) is 0 Å². The third kappa shape index (κ3) is 2.52. The van der Waals surface area contributed by atoms with E-state index in [0.717, 1.165) is 18.2 Å². The number of carbonyl (C=O) groups is 1.